The zero-order valence-electron chi connectivity index (χ0n) is 17.5. The van der Waals surface area contributed by atoms with Gasteiger partial charge in [0.1, 0.15) is 11.6 Å². The summed E-state index contributed by atoms with van der Waals surface area (Å²) in [6, 6.07) is 21.2. The first-order valence-electron chi connectivity index (χ1n) is 10.2. The van der Waals surface area contributed by atoms with Crippen LogP contribution in [0.25, 0.3) is 21.9 Å². The lowest BCUT2D eigenvalue weighted by Gasteiger charge is -2.20. The number of aromatic nitrogens is 2. The molecule has 2 aromatic carbocycles. The summed E-state index contributed by atoms with van der Waals surface area (Å²) in [5, 5.41) is 5.68. The monoisotopic (exact) mass is 381 g/mol. The normalized spacial score (nSPS) is 11.4. The van der Waals surface area contributed by atoms with E-state index in [0.717, 1.165) is 22.4 Å². The van der Waals surface area contributed by atoms with Crippen molar-refractivity contribution in [1.29, 1.82) is 0 Å². The Kier molecular flexibility index (Phi) is 5.30. The van der Waals surface area contributed by atoms with Gasteiger partial charge in [-0.05, 0) is 57.7 Å². The van der Waals surface area contributed by atoms with E-state index in [1.807, 2.05) is 30.6 Å². The highest BCUT2D eigenvalue weighted by Gasteiger charge is 2.16. The highest BCUT2D eigenvalue weighted by molar-refractivity contribution is 5.93. The summed E-state index contributed by atoms with van der Waals surface area (Å²) in [4.78, 5) is 9.11. The summed E-state index contributed by atoms with van der Waals surface area (Å²) >= 11 is 0. The number of nitrogens with zero attached hydrogens (tertiary/aromatic N) is 2. The van der Waals surface area contributed by atoms with E-state index < -0.39 is 0 Å². The number of rotatable bonds is 5. The van der Waals surface area contributed by atoms with Crippen molar-refractivity contribution >= 4 is 22.4 Å². The maximum absolute atomic E-state index is 4.56. The number of benzene rings is 2. The highest BCUT2D eigenvalue weighted by atomic mass is 15.0. The molecule has 3 heteroatoms. The molecule has 0 atom stereocenters. The number of hydrogen-bond donors (Lipinski definition) is 1. The Labute approximate surface area is 172 Å². The molecule has 1 N–H and O–H groups in total. The predicted octanol–water partition coefficient (Wildman–Crippen LogP) is 7.29. The third kappa shape index (κ3) is 3.86. The van der Waals surface area contributed by atoms with Crippen LogP contribution in [0.5, 0.6) is 0 Å². The van der Waals surface area contributed by atoms with Gasteiger partial charge < -0.3 is 5.32 Å². The minimum Gasteiger partial charge on any atom is -0.324 e. The number of pyridine rings is 2. The average Bonchev–Trinajstić information content (AvgIpc) is 2.73. The third-order valence-electron chi connectivity index (χ3n) is 5.34. The van der Waals surface area contributed by atoms with Crippen LogP contribution in [0.2, 0.25) is 0 Å². The Balaban J connectivity index is 1.79. The summed E-state index contributed by atoms with van der Waals surface area (Å²) < 4.78 is 0. The van der Waals surface area contributed by atoms with Gasteiger partial charge in [-0.2, -0.15) is 0 Å². The van der Waals surface area contributed by atoms with Crippen LogP contribution in [0, 0.1) is 0 Å². The van der Waals surface area contributed by atoms with Gasteiger partial charge in [-0.15, -0.1) is 0 Å². The maximum Gasteiger partial charge on any atom is 0.139 e. The molecule has 4 aromatic rings. The summed E-state index contributed by atoms with van der Waals surface area (Å²) in [6.45, 7) is 9.01. The molecule has 2 heterocycles. The van der Waals surface area contributed by atoms with Crippen LogP contribution in [0.15, 0.2) is 73.1 Å². The van der Waals surface area contributed by atoms with Gasteiger partial charge >= 0.3 is 0 Å². The Bertz CT molecular complexity index is 1110. The molecule has 2 aromatic heterocycles. The molecule has 0 aliphatic heterocycles. The quantitative estimate of drug-likeness (QED) is 0.394. The first-order valence-corrected chi connectivity index (χ1v) is 10.2. The standard InChI is InChI=1S/C26H27N3/c1-17(2)21-10-7-11-22(18(3)4)25(21)20-13-14-27-24(16-20)29-26-23-9-6-5-8-19(23)12-15-28-26/h5-18H,1-4H3,(H,27,28,29). The van der Waals surface area contributed by atoms with E-state index in [-0.39, 0.29) is 0 Å². The third-order valence-corrected chi connectivity index (χ3v) is 5.34. The fourth-order valence-electron chi connectivity index (χ4n) is 3.88. The van der Waals surface area contributed by atoms with E-state index in [1.165, 1.54) is 22.3 Å². The van der Waals surface area contributed by atoms with Crippen molar-refractivity contribution in [2.75, 3.05) is 5.32 Å². The fraction of sp³-hybridized carbons (Fsp3) is 0.231. The topological polar surface area (TPSA) is 37.8 Å². The SMILES string of the molecule is CC(C)c1cccc(C(C)C)c1-c1ccnc(Nc2nccc3ccccc23)c1. The first-order chi connectivity index (χ1) is 14.0. The number of fused-ring (bicyclic) bond motifs is 1. The Morgan fingerprint density at radius 2 is 1.41 bits per heavy atom. The van der Waals surface area contributed by atoms with Crippen LogP contribution in [0.3, 0.4) is 0 Å². The molecule has 3 nitrogen and oxygen atoms in total. The van der Waals surface area contributed by atoms with Crippen molar-refractivity contribution in [1.82, 2.24) is 9.97 Å². The van der Waals surface area contributed by atoms with Gasteiger partial charge in [-0.25, -0.2) is 9.97 Å². The molecular formula is C26H27N3. The van der Waals surface area contributed by atoms with Crippen molar-refractivity contribution < 1.29 is 0 Å². The number of anilines is 2. The molecule has 29 heavy (non-hydrogen) atoms. The molecule has 146 valence electrons. The van der Waals surface area contributed by atoms with E-state index in [1.54, 1.807) is 0 Å². The first kappa shape index (κ1) is 19.1. The largest absolute Gasteiger partial charge is 0.324 e. The van der Waals surface area contributed by atoms with Crippen LogP contribution in [0.4, 0.5) is 11.6 Å². The molecule has 0 saturated heterocycles. The second-order valence-corrected chi connectivity index (χ2v) is 8.06. The minimum atomic E-state index is 0.452. The summed E-state index contributed by atoms with van der Waals surface area (Å²) in [5.41, 5.74) is 5.26. The molecule has 0 fully saturated rings. The molecule has 0 unspecified atom stereocenters. The predicted molar refractivity (Wildman–Crippen MR) is 123 cm³/mol. The van der Waals surface area contributed by atoms with E-state index in [2.05, 4.69) is 85.4 Å². The van der Waals surface area contributed by atoms with Gasteiger partial charge in [0, 0.05) is 17.8 Å². The van der Waals surface area contributed by atoms with Crippen molar-refractivity contribution in [2.45, 2.75) is 39.5 Å². The smallest absolute Gasteiger partial charge is 0.139 e. The van der Waals surface area contributed by atoms with Crippen LogP contribution < -0.4 is 5.32 Å². The van der Waals surface area contributed by atoms with E-state index >= 15 is 0 Å². The summed E-state index contributed by atoms with van der Waals surface area (Å²) in [5.74, 6) is 2.54. The molecule has 0 spiro atoms. The lowest BCUT2D eigenvalue weighted by molar-refractivity contribution is 0.838. The molecule has 0 aliphatic carbocycles. The lowest BCUT2D eigenvalue weighted by Crippen LogP contribution is -2.01. The van der Waals surface area contributed by atoms with Crippen LogP contribution >= 0.6 is 0 Å². The molecule has 0 radical (unpaired) electrons. The summed E-state index contributed by atoms with van der Waals surface area (Å²) in [6.07, 6.45) is 3.71. The molecule has 0 amide bonds. The van der Waals surface area contributed by atoms with Crippen LogP contribution in [0.1, 0.15) is 50.7 Å². The van der Waals surface area contributed by atoms with Gasteiger partial charge in [0.2, 0.25) is 0 Å². The number of hydrogen-bond acceptors (Lipinski definition) is 3. The van der Waals surface area contributed by atoms with Crippen LogP contribution in [-0.4, -0.2) is 9.97 Å². The molecule has 0 saturated carbocycles. The number of nitrogens with one attached hydrogen (secondary N) is 1. The van der Waals surface area contributed by atoms with Crippen molar-refractivity contribution in [3.8, 4) is 11.1 Å². The highest BCUT2D eigenvalue weighted by Crippen LogP contribution is 2.37. The molecule has 4 rings (SSSR count). The minimum absolute atomic E-state index is 0.452. The Hall–Kier alpha value is -3.20. The fourth-order valence-corrected chi connectivity index (χ4v) is 3.88. The van der Waals surface area contributed by atoms with Gasteiger partial charge in [0.15, 0.2) is 0 Å². The van der Waals surface area contributed by atoms with Crippen molar-refractivity contribution in [3.05, 3.63) is 84.2 Å². The van der Waals surface area contributed by atoms with E-state index in [4.69, 9.17) is 0 Å². The van der Waals surface area contributed by atoms with Crippen molar-refractivity contribution in [3.63, 3.8) is 0 Å². The molecular weight excluding hydrogens is 354 g/mol. The summed E-state index contributed by atoms with van der Waals surface area (Å²) in [7, 11) is 0. The Morgan fingerprint density at radius 1 is 0.724 bits per heavy atom. The van der Waals surface area contributed by atoms with Crippen LogP contribution in [-0.2, 0) is 0 Å². The van der Waals surface area contributed by atoms with Gasteiger partial charge in [0.05, 0.1) is 0 Å². The second-order valence-electron chi connectivity index (χ2n) is 8.06. The Morgan fingerprint density at radius 3 is 2.14 bits per heavy atom. The second kappa shape index (κ2) is 8.04. The van der Waals surface area contributed by atoms with Gasteiger partial charge in [-0.3, -0.25) is 0 Å². The molecule has 0 aliphatic rings. The lowest BCUT2D eigenvalue weighted by atomic mass is 9.85. The van der Waals surface area contributed by atoms with Gasteiger partial charge in [-0.1, -0.05) is 70.2 Å². The van der Waals surface area contributed by atoms with E-state index in [0.29, 0.717) is 11.8 Å². The maximum atomic E-state index is 4.56. The van der Waals surface area contributed by atoms with E-state index in [9.17, 15) is 0 Å². The zero-order chi connectivity index (χ0) is 20.4. The zero-order valence-corrected chi connectivity index (χ0v) is 17.5. The average molecular weight is 382 g/mol. The molecule has 0 bridgehead atoms. The van der Waals surface area contributed by atoms with Crippen molar-refractivity contribution in [2.24, 2.45) is 0 Å². The van der Waals surface area contributed by atoms with Gasteiger partial charge in [0.25, 0.3) is 0 Å².